The van der Waals surface area contributed by atoms with Gasteiger partial charge in [0.2, 0.25) is 5.13 Å². The smallest absolute Gasteiger partial charge is 0.270 e. The number of thiazole rings is 1. The monoisotopic (exact) mass is 394 g/mol. The average Bonchev–Trinajstić information content (AvgIpc) is 3.34. The number of benzene rings is 2. The Morgan fingerprint density at radius 2 is 2.11 bits per heavy atom. The fraction of sp³-hybridized carbons (Fsp3) is 0.0526. The Bertz CT molecular complexity index is 1150. The highest BCUT2D eigenvalue weighted by atomic mass is 32.1. The first kappa shape index (κ1) is 17.7. The van der Waals surface area contributed by atoms with Gasteiger partial charge in [-0.15, -0.1) is 0 Å². The van der Waals surface area contributed by atoms with E-state index in [0.717, 1.165) is 10.2 Å². The highest BCUT2D eigenvalue weighted by molar-refractivity contribution is 7.22. The molecule has 0 fully saturated rings. The van der Waals surface area contributed by atoms with Crippen LogP contribution in [0.4, 0.5) is 10.8 Å². The fourth-order valence-corrected chi connectivity index (χ4v) is 3.46. The lowest BCUT2D eigenvalue weighted by Crippen LogP contribution is -1.92. The van der Waals surface area contributed by atoms with Crippen LogP contribution in [0.3, 0.4) is 0 Å². The van der Waals surface area contributed by atoms with Gasteiger partial charge < -0.3 is 9.15 Å². The van der Waals surface area contributed by atoms with Crippen molar-refractivity contribution in [1.82, 2.24) is 4.98 Å². The van der Waals surface area contributed by atoms with Gasteiger partial charge in [-0.3, -0.25) is 15.5 Å². The Balaban J connectivity index is 1.53. The van der Waals surface area contributed by atoms with Crippen LogP contribution in [0.5, 0.6) is 5.75 Å². The quantitative estimate of drug-likeness (QED) is 0.283. The Labute approximate surface area is 163 Å². The number of hydrogen-bond donors (Lipinski definition) is 1. The number of rotatable bonds is 6. The molecule has 0 unspecified atom stereocenters. The summed E-state index contributed by atoms with van der Waals surface area (Å²) in [6.07, 6.45) is 1.51. The highest BCUT2D eigenvalue weighted by Gasteiger charge is 2.15. The molecule has 0 aliphatic carbocycles. The van der Waals surface area contributed by atoms with Crippen LogP contribution in [0.15, 0.2) is 64.1 Å². The second-order valence-corrected chi connectivity index (χ2v) is 6.73. The number of furan rings is 1. The second-order valence-electron chi connectivity index (χ2n) is 5.70. The van der Waals surface area contributed by atoms with E-state index in [-0.39, 0.29) is 5.69 Å². The lowest BCUT2D eigenvalue weighted by Gasteiger charge is -2.05. The SMILES string of the molecule is COc1ccc([N+](=O)[O-])cc1-c1ccc(/C=N/Nc2nc3ccccc3s2)o1. The van der Waals surface area contributed by atoms with Crippen molar-refractivity contribution in [3.05, 3.63) is 70.5 Å². The van der Waals surface area contributed by atoms with Crippen molar-refractivity contribution in [1.29, 1.82) is 0 Å². The minimum atomic E-state index is -0.462. The number of nitro groups is 1. The molecule has 0 bridgehead atoms. The van der Waals surface area contributed by atoms with E-state index >= 15 is 0 Å². The molecular formula is C19H14N4O4S. The summed E-state index contributed by atoms with van der Waals surface area (Å²) in [6.45, 7) is 0. The third-order valence-corrected chi connectivity index (χ3v) is 4.87. The third-order valence-electron chi connectivity index (χ3n) is 3.93. The van der Waals surface area contributed by atoms with Gasteiger partial charge >= 0.3 is 0 Å². The van der Waals surface area contributed by atoms with Gasteiger partial charge in [0.15, 0.2) is 0 Å². The molecule has 8 nitrogen and oxygen atoms in total. The number of ether oxygens (including phenoxy) is 1. The van der Waals surface area contributed by atoms with E-state index < -0.39 is 4.92 Å². The van der Waals surface area contributed by atoms with Gasteiger partial charge in [0.05, 0.1) is 34.0 Å². The van der Waals surface area contributed by atoms with Crippen LogP contribution in [0, 0.1) is 10.1 Å². The van der Waals surface area contributed by atoms with Crippen molar-refractivity contribution in [3.8, 4) is 17.1 Å². The minimum absolute atomic E-state index is 0.0417. The zero-order valence-corrected chi connectivity index (χ0v) is 15.5. The molecule has 2 heterocycles. The molecule has 4 rings (SSSR count). The van der Waals surface area contributed by atoms with E-state index in [1.807, 2.05) is 24.3 Å². The van der Waals surface area contributed by atoms with E-state index in [1.54, 1.807) is 18.2 Å². The number of fused-ring (bicyclic) bond motifs is 1. The molecule has 28 heavy (non-hydrogen) atoms. The first-order chi connectivity index (χ1) is 13.6. The zero-order valence-electron chi connectivity index (χ0n) is 14.7. The zero-order chi connectivity index (χ0) is 19.5. The van der Waals surface area contributed by atoms with E-state index in [0.29, 0.717) is 28.0 Å². The Morgan fingerprint density at radius 3 is 2.89 bits per heavy atom. The molecular weight excluding hydrogens is 380 g/mol. The molecule has 2 aromatic carbocycles. The molecule has 0 amide bonds. The summed E-state index contributed by atoms with van der Waals surface area (Å²) in [4.78, 5) is 15.0. The minimum Gasteiger partial charge on any atom is -0.496 e. The van der Waals surface area contributed by atoms with Crippen molar-refractivity contribution >= 4 is 38.6 Å². The summed E-state index contributed by atoms with van der Waals surface area (Å²) >= 11 is 1.50. The van der Waals surface area contributed by atoms with Crippen molar-refractivity contribution in [3.63, 3.8) is 0 Å². The number of hydrogen-bond acceptors (Lipinski definition) is 8. The molecule has 0 spiro atoms. The van der Waals surface area contributed by atoms with Crippen molar-refractivity contribution < 1.29 is 14.1 Å². The first-order valence-electron chi connectivity index (χ1n) is 8.21. The Morgan fingerprint density at radius 1 is 1.25 bits per heavy atom. The number of nitro benzene ring substituents is 1. The number of methoxy groups -OCH3 is 1. The molecule has 9 heteroatoms. The first-order valence-corrected chi connectivity index (χ1v) is 9.03. The standard InChI is InChI=1S/C19H14N4O4S/c1-26-16-8-6-12(23(24)25)10-14(16)17-9-7-13(27-17)11-20-22-19-21-15-4-2-3-5-18(15)28-19/h2-11H,1H3,(H,21,22)/b20-11+. The molecule has 4 aromatic rings. The fourth-order valence-electron chi connectivity index (χ4n) is 2.64. The molecule has 0 radical (unpaired) electrons. The van der Waals surface area contributed by atoms with Gasteiger partial charge in [0.25, 0.3) is 5.69 Å². The lowest BCUT2D eigenvalue weighted by molar-refractivity contribution is -0.384. The molecule has 0 saturated carbocycles. The summed E-state index contributed by atoms with van der Waals surface area (Å²) in [5, 5.41) is 15.8. The van der Waals surface area contributed by atoms with Crippen molar-refractivity contribution in [2.24, 2.45) is 5.10 Å². The maximum Gasteiger partial charge on any atom is 0.270 e. The van der Waals surface area contributed by atoms with E-state index in [9.17, 15) is 10.1 Å². The molecule has 2 aromatic heterocycles. The average molecular weight is 394 g/mol. The van der Waals surface area contributed by atoms with Crippen LogP contribution >= 0.6 is 11.3 Å². The van der Waals surface area contributed by atoms with Gasteiger partial charge in [-0.05, 0) is 30.3 Å². The van der Waals surface area contributed by atoms with Gasteiger partial charge in [0, 0.05) is 12.1 Å². The number of hydrazone groups is 1. The molecule has 1 N–H and O–H groups in total. The summed E-state index contributed by atoms with van der Waals surface area (Å²) in [5.74, 6) is 1.41. The predicted octanol–water partition coefficient (Wildman–Crippen LogP) is 4.92. The number of nitrogens with one attached hydrogen (secondary N) is 1. The van der Waals surface area contributed by atoms with E-state index in [2.05, 4.69) is 15.5 Å². The van der Waals surface area contributed by atoms with Crippen LogP contribution in [-0.2, 0) is 0 Å². The Hall–Kier alpha value is -3.72. The van der Waals surface area contributed by atoms with Crippen LogP contribution in [0.25, 0.3) is 21.5 Å². The molecule has 0 aliphatic heterocycles. The summed E-state index contributed by atoms with van der Waals surface area (Å²) in [7, 11) is 1.50. The van der Waals surface area contributed by atoms with E-state index in [1.165, 1.54) is 36.8 Å². The van der Waals surface area contributed by atoms with Crippen LogP contribution < -0.4 is 10.2 Å². The van der Waals surface area contributed by atoms with Gasteiger partial charge in [0.1, 0.15) is 17.3 Å². The van der Waals surface area contributed by atoms with Crippen LogP contribution in [-0.4, -0.2) is 23.2 Å². The van der Waals surface area contributed by atoms with Gasteiger partial charge in [-0.2, -0.15) is 5.10 Å². The largest absolute Gasteiger partial charge is 0.496 e. The van der Waals surface area contributed by atoms with Gasteiger partial charge in [-0.1, -0.05) is 23.5 Å². The van der Waals surface area contributed by atoms with Crippen LogP contribution in [0.1, 0.15) is 5.76 Å². The number of non-ortho nitro benzene ring substituents is 1. The maximum atomic E-state index is 11.0. The predicted molar refractivity (Wildman–Crippen MR) is 108 cm³/mol. The normalized spacial score (nSPS) is 11.2. The summed E-state index contributed by atoms with van der Waals surface area (Å²) in [6, 6.07) is 15.6. The molecule has 0 saturated heterocycles. The van der Waals surface area contributed by atoms with E-state index in [4.69, 9.17) is 9.15 Å². The highest BCUT2D eigenvalue weighted by Crippen LogP contribution is 2.34. The van der Waals surface area contributed by atoms with Crippen LogP contribution in [0.2, 0.25) is 0 Å². The number of para-hydroxylation sites is 1. The summed E-state index contributed by atoms with van der Waals surface area (Å²) in [5.41, 5.74) is 4.24. The lowest BCUT2D eigenvalue weighted by atomic mass is 10.1. The molecule has 0 atom stereocenters. The number of nitrogens with zero attached hydrogens (tertiary/aromatic N) is 3. The summed E-state index contributed by atoms with van der Waals surface area (Å²) < 4.78 is 12.1. The Kier molecular flexibility index (Phi) is 4.73. The second kappa shape index (κ2) is 7.49. The molecule has 0 aliphatic rings. The maximum absolute atomic E-state index is 11.0. The number of anilines is 1. The number of aromatic nitrogens is 1. The van der Waals surface area contributed by atoms with Gasteiger partial charge in [-0.25, -0.2) is 4.98 Å². The van der Waals surface area contributed by atoms with Crippen molar-refractivity contribution in [2.75, 3.05) is 12.5 Å². The van der Waals surface area contributed by atoms with Crippen molar-refractivity contribution in [2.45, 2.75) is 0 Å². The topological polar surface area (TPSA) is 103 Å². The third kappa shape index (κ3) is 3.55. The molecule has 140 valence electrons.